The number of hydrogen-bond acceptors (Lipinski definition) is 5. The van der Waals surface area contributed by atoms with Gasteiger partial charge in [-0.2, -0.15) is 0 Å². The Hall–Kier alpha value is -2.38. The molecule has 0 spiro atoms. The first-order valence-electron chi connectivity index (χ1n) is 6.25. The fraction of sp³-hybridized carbons (Fsp3) is 0.500. The van der Waals surface area contributed by atoms with Crippen molar-refractivity contribution in [3.8, 4) is 0 Å². The van der Waals surface area contributed by atoms with Crippen LogP contribution in [0.2, 0.25) is 0 Å². The molecule has 1 aromatic heterocycles. The van der Waals surface area contributed by atoms with Crippen molar-refractivity contribution in [1.82, 2.24) is 14.9 Å². The van der Waals surface area contributed by atoms with E-state index in [0.717, 1.165) is 10.6 Å². The van der Waals surface area contributed by atoms with Crippen LogP contribution in [0.15, 0.2) is 21.9 Å². The highest BCUT2D eigenvalue weighted by Crippen LogP contribution is 1.91. The highest BCUT2D eigenvalue weighted by Gasteiger charge is 2.05. The number of aromatic amines is 1. The van der Waals surface area contributed by atoms with Crippen molar-refractivity contribution in [3.05, 3.63) is 33.1 Å². The molecule has 0 aliphatic heterocycles. The first kappa shape index (κ1) is 15.7. The number of carbonyl (C=O) groups is 2. The summed E-state index contributed by atoms with van der Waals surface area (Å²) in [6.45, 7) is 2.19. The maximum Gasteiger partial charge on any atom is 0.328 e. The second-order valence-corrected chi connectivity index (χ2v) is 4.00. The Bertz CT molecular complexity index is 575. The smallest absolute Gasteiger partial charge is 0.328 e. The topological polar surface area (TPSA) is 110 Å². The number of H-pyrrole nitrogens is 1. The van der Waals surface area contributed by atoms with Gasteiger partial charge in [-0.1, -0.05) is 0 Å². The maximum absolute atomic E-state index is 11.5. The molecule has 1 heterocycles. The predicted molar refractivity (Wildman–Crippen MR) is 70.2 cm³/mol. The summed E-state index contributed by atoms with van der Waals surface area (Å²) in [5, 5.41) is 2.57. The van der Waals surface area contributed by atoms with Gasteiger partial charge in [-0.05, 0) is 13.3 Å². The zero-order valence-electron chi connectivity index (χ0n) is 11.2. The van der Waals surface area contributed by atoms with Gasteiger partial charge in [-0.15, -0.1) is 0 Å². The molecule has 110 valence electrons. The molecule has 8 nitrogen and oxygen atoms in total. The monoisotopic (exact) mass is 283 g/mol. The van der Waals surface area contributed by atoms with E-state index < -0.39 is 11.2 Å². The SMILES string of the molecule is CCOC(=O)CCCNC(=O)Cn1ccc(=O)[nH]c1=O. The van der Waals surface area contributed by atoms with Crippen molar-refractivity contribution in [1.29, 1.82) is 0 Å². The van der Waals surface area contributed by atoms with Crippen LogP contribution >= 0.6 is 0 Å². The minimum absolute atomic E-state index is 0.185. The summed E-state index contributed by atoms with van der Waals surface area (Å²) >= 11 is 0. The van der Waals surface area contributed by atoms with Gasteiger partial charge in [0.1, 0.15) is 6.54 Å². The number of amides is 1. The number of ether oxygens (including phenoxy) is 1. The molecule has 0 saturated carbocycles. The Morgan fingerprint density at radius 2 is 2.15 bits per heavy atom. The van der Waals surface area contributed by atoms with Crippen molar-refractivity contribution >= 4 is 11.9 Å². The molecule has 0 aliphatic carbocycles. The van der Waals surface area contributed by atoms with Crippen molar-refractivity contribution in [2.75, 3.05) is 13.2 Å². The Morgan fingerprint density at radius 1 is 1.40 bits per heavy atom. The molecule has 0 bridgehead atoms. The number of aromatic nitrogens is 2. The summed E-state index contributed by atoms with van der Waals surface area (Å²) in [6, 6.07) is 1.16. The van der Waals surface area contributed by atoms with Gasteiger partial charge in [-0.3, -0.25) is 23.9 Å². The van der Waals surface area contributed by atoms with Crippen LogP contribution in [0, 0.1) is 0 Å². The lowest BCUT2D eigenvalue weighted by Gasteiger charge is -2.06. The zero-order valence-corrected chi connectivity index (χ0v) is 11.2. The second-order valence-electron chi connectivity index (χ2n) is 4.00. The standard InChI is InChI=1S/C12H17N3O5/c1-2-20-11(18)4-3-6-13-10(17)8-15-7-5-9(16)14-12(15)19/h5,7H,2-4,6,8H2,1H3,(H,13,17)(H,14,16,19). The molecule has 0 aliphatic rings. The molecule has 8 heteroatoms. The molecule has 0 fully saturated rings. The summed E-state index contributed by atoms with van der Waals surface area (Å²) in [5.74, 6) is -0.679. The van der Waals surface area contributed by atoms with Crippen LogP contribution in [0.5, 0.6) is 0 Å². The molecular weight excluding hydrogens is 266 g/mol. The van der Waals surface area contributed by atoms with Gasteiger partial charge >= 0.3 is 11.7 Å². The number of nitrogens with zero attached hydrogens (tertiary/aromatic N) is 1. The lowest BCUT2D eigenvalue weighted by Crippen LogP contribution is -2.35. The Morgan fingerprint density at radius 3 is 2.80 bits per heavy atom. The molecule has 0 radical (unpaired) electrons. The zero-order chi connectivity index (χ0) is 15.0. The molecular formula is C12H17N3O5. The van der Waals surface area contributed by atoms with E-state index in [2.05, 4.69) is 10.3 Å². The number of hydrogen-bond donors (Lipinski definition) is 2. The van der Waals surface area contributed by atoms with Crippen LogP contribution < -0.4 is 16.6 Å². The first-order valence-corrected chi connectivity index (χ1v) is 6.25. The average Bonchev–Trinajstić information content (AvgIpc) is 2.38. The molecule has 0 saturated heterocycles. The van der Waals surface area contributed by atoms with E-state index in [1.165, 1.54) is 6.20 Å². The number of rotatable bonds is 7. The number of nitrogens with one attached hydrogen (secondary N) is 2. The first-order chi connectivity index (χ1) is 9.52. The Kier molecular flexibility index (Phi) is 6.21. The highest BCUT2D eigenvalue weighted by atomic mass is 16.5. The van der Waals surface area contributed by atoms with Crippen molar-refractivity contribution < 1.29 is 14.3 Å². The molecule has 0 aromatic carbocycles. The Balaban J connectivity index is 2.32. The van der Waals surface area contributed by atoms with Crippen LogP contribution in [-0.2, 0) is 20.9 Å². The van der Waals surface area contributed by atoms with Gasteiger partial charge in [0, 0.05) is 25.2 Å². The summed E-state index contributed by atoms with van der Waals surface area (Å²) in [6.07, 6.45) is 1.94. The van der Waals surface area contributed by atoms with Crippen LogP contribution in [-0.4, -0.2) is 34.6 Å². The third-order valence-corrected chi connectivity index (χ3v) is 2.40. The fourth-order valence-electron chi connectivity index (χ4n) is 1.47. The lowest BCUT2D eigenvalue weighted by molar-refractivity contribution is -0.143. The van der Waals surface area contributed by atoms with E-state index in [9.17, 15) is 19.2 Å². The molecule has 0 unspecified atom stereocenters. The number of esters is 1. The third-order valence-electron chi connectivity index (χ3n) is 2.40. The molecule has 2 N–H and O–H groups in total. The predicted octanol–water partition coefficient (Wildman–Crippen LogP) is -1.00. The molecule has 0 atom stereocenters. The highest BCUT2D eigenvalue weighted by molar-refractivity contribution is 5.75. The van der Waals surface area contributed by atoms with E-state index in [1.807, 2.05) is 0 Å². The normalized spacial score (nSPS) is 10.1. The second kappa shape index (κ2) is 7.93. The molecule has 1 aromatic rings. The van der Waals surface area contributed by atoms with Crippen molar-refractivity contribution in [2.24, 2.45) is 0 Å². The van der Waals surface area contributed by atoms with Gasteiger partial charge in [-0.25, -0.2) is 4.79 Å². The van der Waals surface area contributed by atoms with Gasteiger partial charge in [0.05, 0.1) is 6.61 Å². The largest absolute Gasteiger partial charge is 0.466 e. The van der Waals surface area contributed by atoms with Gasteiger partial charge in [0.25, 0.3) is 5.56 Å². The summed E-state index contributed by atoms with van der Waals surface area (Å²) in [5.41, 5.74) is -1.15. The van der Waals surface area contributed by atoms with E-state index in [-0.39, 0.29) is 24.8 Å². The van der Waals surface area contributed by atoms with E-state index in [0.29, 0.717) is 19.6 Å². The van der Waals surface area contributed by atoms with E-state index >= 15 is 0 Å². The van der Waals surface area contributed by atoms with Crippen LogP contribution in [0.4, 0.5) is 0 Å². The minimum Gasteiger partial charge on any atom is -0.466 e. The molecule has 1 rings (SSSR count). The van der Waals surface area contributed by atoms with Crippen molar-refractivity contribution in [2.45, 2.75) is 26.3 Å². The van der Waals surface area contributed by atoms with Gasteiger partial charge in [0.2, 0.25) is 5.91 Å². The summed E-state index contributed by atoms with van der Waals surface area (Å²) in [7, 11) is 0. The van der Waals surface area contributed by atoms with Gasteiger partial charge < -0.3 is 10.1 Å². The maximum atomic E-state index is 11.5. The lowest BCUT2D eigenvalue weighted by atomic mass is 10.3. The summed E-state index contributed by atoms with van der Waals surface area (Å²) < 4.78 is 5.83. The molecule has 1 amide bonds. The Labute approximate surface area is 114 Å². The van der Waals surface area contributed by atoms with Crippen molar-refractivity contribution in [3.63, 3.8) is 0 Å². The van der Waals surface area contributed by atoms with E-state index in [4.69, 9.17) is 4.74 Å². The van der Waals surface area contributed by atoms with Crippen LogP contribution in [0.3, 0.4) is 0 Å². The minimum atomic E-state index is -0.640. The summed E-state index contributed by atoms with van der Waals surface area (Å²) in [4.78, 5) is 46.8. The van der Waals surface area contributed by atoms with Gasteiger partial charge in [0.15, 0.2) is 0 Å². The molecule has 20 heavy (non-hydrogen) atoms. The number of carbonyl (C=O) groups excluding carboxylic acids is 2. The van der Waals surface area contributed by atoms with Crippen LogP contribution in [0.1, 0.15) is 19.8 Å². The van der Waals surface area contributed by atoms with E-state index in [1.54, 1.807) is 6.92 Å². The third kappa shape index (κ3) is 5.51. The average molecular weight is 283 g/mol. The van der Waals surface area contributed by atoms with Crippen LogP contribution in [0.25, 0.3) is 0 Å². The fourth-order valence-corrected chi connectivity index (χ4v) is 1.47. The quantitative estimate of drug-likeness (QED) is 0.492.